The molecule has 0 bridgehead atoms. The van der Waals surface area contributed by atoms with Crippen LogP contribution >= 0.6 is 11.8 Å². The van der Waals surface area contributed by atoms with Crippen LogP contribution in [0.4, 0.5) is 4.79 Å². The molecule has 158 valence electrons. The van der Waals surface area contributed by atoms with Crippen LogP contribution in [0.5, 0.6) is 5.75 Å². The largest absolute Gasteiger partial charge is 0.497 e. The van der Waals surface area contributed by atoms with Crippen LogP contribution in [0.25, 0.3) is 11.4 Å². The lowest BCUT2D eigenvalue weighted by Gasteiger charge is -2.30. The molecular formula is C19H22N6O4S. The van der Waals surface area contributed by atoms with E-state index in [0.717, 1.165) is 47.3 Å². The minimum Gasteiger partial charge on any atom is -0.497 e. The van der Waals surface area contributed by atoms with Crippen molar-refractivity contribution in [2.24, 2.45) is 0 Å². The summed E-state index contributed by atoms with van der Waals surface area (Å²) in [6, 6.07) is 6.74. The molecule has 2 heterocycles. The lowest BCUT2D eigenvalue weighted by atomic mass is 9.82. The van der Waals surface area contributed by atoms with Crippen molar-refractivity contribution >= 4 is 29.6 Å². The lowest BCUT2D eigenvalue weighted by Crippen LogP contribution is -2.51. The molecule has 0 unspecified atom stereocenters. The van der Waals surface area contributed by atoms with E-state index in [1.165, 1.54) is 0 Å². The molecule has 1 aromatic carbocycles. The van der Waals surface area contributed by atoms with Gasteiger partial charge >= 0.3 is 6.03 Å². The third kappa shape index (κ3) is 3.97. The van der Waals surface area contributed by atoms with Crippen molar-refractivity contribution < 1.29 is 19.1 Å². The van der Waals surface area contributed by atoms with Crippen molar-refractivity contribution in [3.8, 4) is 17.1 Å². The number of benzene rings is 1. The first-order valence-corrected chi connectivity index (χ1v) is 10.7. The van der Waals surface area contributed by atoms with Crippen molar-refractivity contribution in [3.05, 3.63) is 24.3 Å². The molecule has 30 heavy (non-hydrogen) atoms. The number of carbonyl (C=O) groups excluding carboxylic acids is 3. The van der Waals surface area contributed by atoms with Crippen LogP contribution in [-0.4, -0.2) is 56.4 Å². The van der Waals surface area contributed by atoms with Crippen LogP contribution < -0.4 is 15.5 Å². The molecule has 4 amide bonds. The number of carbonyl (C=O) groups is 3. The number of hydrogen-bond acceptors (Lipinski definition) is 7. The van der Waals surface area contributed by atoms with Crippen LogP contribution in [0.2, 0.25) is 0 Å². The zero-order valence-electron chi connectivity index (χ0n) is 16.4. The third-order valence-corrected chi connectivity index (χ3v) is 6.11. The van der Waals surface area contributed by atoms with Gasteiger partial charge in [-0.2, -0.15) is 5.01 Å². The van der Waals surface area contributed by atoms with E-state index in [2.05, 4.69) is 25.9 Å². The topological polar surface area (TPSA) is 129 Å². The van der Waals surface area contributed by atoms with Gasteiger partial charge in [0.2, 0.25) is 11.1 Å². The fourth-order valence-electron chi connectivity index (χ4n) is 3.69. The molecule has 1 aromatic heterocycles. The molecule has 3 N–H and O–H groups in total. The van der Waals surface area contributed by atoms with Gasteiger partial charge in [-0.3, -0.25) is 20.1 Å². The quantitative estimate of drug-likeness (QED) is 0.471. The first-order chi connectivity index (χ1) is 14.5. The Hall–Kier alpha value is -3.08. The van der Waals surface area contributed by atoms with Crippen LogP contribution in [0.3, 0.4) is 0 Å². The van der Waals surface area contributed by atoms with Gasteiger partial charge in [-0.15, -0.1) is 5.10 Å². The number of rotatable bonds is 6. The predicted octanol–water partition coefficient (Wildman–Crippen LogP) is 1.86. The molecule has 2 aliphatic rings. The molecule has 10 nitrogen and oxygen atoms in total. The maximum atomic E-state index is 12.7. The van der Waals surface area contributed by atoms with Crippen molar-refractivity contribution in [1.82, 2.24) is 30.9 Å². The molecule has 1 spiro atoms. The van der Waals surface area contributed by atoms with Crippen molar-refractivity contribution in [2.75, 3.05) is 12.9 Å². The van der Waals surface area contributed by atoms with Gasteiger partial charge in [-0.1, -0.05) is 31.0 Å². The maximum absolute atomic E-state index is 12.7. The number of hydrogen-bond donors (Lipinski definition) is 3. The van der Waals surface area contributed by atoms with E-state index in [1.807, 2.05) is 24.3 Å². The number of amides is 4. The second-order valence-electron chi connectivity index (χ2n) is 7.23. The Balaban J connectivity index is 1.32. The van der Waals surface area contributed by atoms with Gasteiger partial charge in [0.1, 0.15) is 11.3 Å². The molecule has 0 atom stereocenters. The number of imide groups is 1. The second kappa shape index (κ2) is 8.34. The van der Waals surface area contributed by atoms with E-state index in [1.54, 1.807) is 7.11 Å². The molecule has 1 aliphatic carbocycles. The number of aromatic nitrogens is 3. The zero-order valence-corrected chi connectivity index (χ0v) is 17.3. The summed E-state index contributed by atoms with van der Waals surface area (Å²) < 4.78 is 5.13. The maximum Gasteiger partial charge on any atom is 0.344 e. The number of ether oxygens (including phenoxy) is 1. The standard InChI is InChI=1S/C19H22N6O4S/c1-29-13-7-5-12(6-8-13)15-20-17(23-22-15)30-11-14(26)24-25-16(27)19(21-18(25)28)9-3-2-4-10-19/h5-8H,2-4,9-11H2,1H3,(H,21,28)(H,24,26)(H,20,22,23). The van der Waals surface area contributed by atoms with Gasteiger partial charge < -0.3 is 10.1 Å². The molecule has 1 saturated carbocycles. The summed E-state index contributed by atoms with van der Waals surface area (Å²) in [5.41, 5.74) is 2.37. The molecule has 4 rings (SSSR count). The number of hydrazine groups is 1. The Labute approximate surface area is 177 Å². The van der Waals surface area contributed by atoms with Gasteiger partial charge in [0.15, 0.2) is 5.82 Å². The fourth-order valence-corrected chi connectivity index (χ4v) is 4.28. The Kier molecular flexibility index (Phi) is 5.62. The molecule has 1 aliphatic heterocycles. The molecule has 1 saturated heterocycles. The monoisotopic (exact) mass is 430 g/mol. The highest BCUT2D eigenvalue weighted by atomic mass is 32.2. The molecule has 11 heteroatoms. The highest BCUT2D eigenvalue weighted by Crippen LogP contribution is 2.33. The van der Waals surface area contributed by atoms with E-state index in [0.29, 0.717) is 23.8 Å². The van der Waals surface area contributed by atoms with Crippen LogP contribution in [0.15, 0.2) is 29.4 Å². The molecule has 2 fully saturated rings. The molecule has 0 radical (unpaired) electrons. The normalized spacial score (nSPS) is 17.8. The summed E-state index contributed by atoms with van der Waals surface area (Å²) in [4.78, 5) is 41.5. The summed E-state index contributed by atoms with van der Waals surface area (Å²) in [5, 5.41) is 10.9. The first-order valence-electron chi connectivity index (χ1n) is 9.66. The average Bonchev–Trinajstić information content (AvgIpc) is 3.32. The van der Waals surface area contributed by atoms with E-state index < -0.39 is 17.5 Å². The molecule has 2 aromatic rings. The minimum absolute atomic E-state index is 0.0377. The summed E-state index contributed by atoms with van der Waals surface area (Å²) in [5.74, 6) is 0.399. The summed E-state index contributed by atoms with van der Waals surface area (Å²) in [7, 11) is 1.59. The van der Waals surface area contributed by atoms with Crippen molar-refractivity contribution in [2.45, 2.75) is 42.8 Å². The van der Waals surface area contributed by atoms with Crippen molar-refractivity contribution in [1.29, 1.82) is 0 Å². The lowest BCUT2D eigenvalue weighted by molar-refractivity contribution is -0.139. The van der Waals surface area contributed by atoms with Crippen LogP contribution in [-0.2, 0) is 9.59 Å². The number of methoxy groups -OCH3 is 1. The number of aromatic amines is 1. The third-order valence-electron chi connectivity index (χ3n) is 5.27. The van der Waals surface area contributed by atoms with Crippen LogP contribution in [0, 0.1) is 0 Å². The smallest absolute Gasteiger partial charge is 0.344 e. The van der Waals surface area contributed by atoms with Gasteiger partial charge in [0.25, 0.3) is 5.91 Å². The zero-order chi connectivity index (χ0) is 21.1. The van der Waals surface area contributed by atoms with E-state index in [4.69, 9.17) is 4.74 Å². The number of nitrogens with zero attached hydrogens (tertiary/aromatic N) is 3. The number of H-pyrrole nitrogens is 1. The fraction of sp³-hybridized carbons (Fsp3) is 0.421. The first kappa shape index (κ1) is 20.2. The Morgan fingerprint density at radius 3 is 2.67 bits per heavy atom. The summed E-state index contributed by atoms with van der Waals surface area (Å²) in [6.07, 6.45) is 4.01. The number of nitrogens with one attached hydrogen (secondary N) is 3. The number of thioether (sulfide) groups is 1. The predicted molar refractivity (Wildman–Crippen MR) is 108 cm³/mol. The second-order valence-corrected chi connectivity index (χ2v) is 8.17. The van der Waals surface area contributed by atoms with Gasteiger partial charge in [0.05, 0.1) is 12.9 Å². The van der Waals surface area contributed by atoms with E-state index in [-0.39, 0.29) is 11.7 Å². The number of urea groups is 1. The highest BCUT2D eigenvalue weighted by molar-refractivity contribution is 7.99. The highest BCUT2D eigenvalue weighted by Gasteiger charge is 2.52. The SMILES string of the molecule is COc1ccc(-c2nc(SCC(=O)NN3C(=O)NC4(CCCCC4)C3=O)n[nH]2)cc1. The Bertz CT molecular complexity index is 954. The van der Waals surface area contributed by atoms with Crippen molar-refractivity contribution in [3.63, 3.8) is 0 Å². The Morgan fingerprint density at radius 2 is 1.97 bits per heavy atom. The Morgan fingerprint density at radius 1 is 1.23 bits per heavy atom. The van der Waals surface area contributed by atoms with E-state index in [9.17, 15) is 14.4 Å². The van der Waals surface area contributed by atoms with Crippen LogP contribution in [0.1, 0.15) is 32.1 Å². The summed E-state index contributed by atoms with van der Waals surface area (Å²) >= 11 is 1.10. The van der Waals surface area contributed by atoms with Gasteiger partial charge in [0, 0.05) is 5.56 Å². The minimum atomic E-state index is -0.868. The average molecular weight is 430 g/mol. The van der Waals surface area contributed by atoms with Gasteiger partial charge in [-0.05, 0) is 37.1 Å². The molecular weight excluding hydrogens is 408 g/mol. The van der Waals surface area contributed by atoms with Gasteiger partial charge in [-0.25, -0.2) is 9.78 Å². The summed E-state index contributed by atoms with van der Waals surface area (Å²) in [6.45, 7) is 0. The van der Waals surface area contributed by atoms with E-state index >= 15 is 0 Å².